The van der Waals surface area contributed by atoms with Crippen LogP contribution >= 0.6 is 22.6 Å². The first-order valence-corrected chi connectivity index (χ1v) is 8.64. The Kier molecular flexibility index (Phi) is 7.05. The molecule has 0 aliphatic heterocycles. The van der Waals surface area contributed by atoms with Crippen LogP contribution in [0.25, 0.3) is 0 Å². The molecule has 25 heavy (non-hydrogen) atoms. The van der Waals surface area contributed by atoms with Crippen molar-refractivity contribution >= 4 is 34.4 Å². The number of methoxy groups -OCH3 is 2. The third kappa shape index (κ3) is 5.09. The number of halogens is 1. The van der Waals surface area contributed by atoms with Gasteiger partial charge in [0.1, 0.15) is 0 Å². The van der Waals surface area contributed by atoms with E-state index in [2.05, 4.69) is 33.2 Å². The Morgan fingerprint density at radius 1 is 1.00 bits per heavy atom. The number of nitrogens with one attached hydrogen (secondary N) is 2. The molecule has 0 fully saturated rings. The first kappa shape index (κ1) is 19.0. The van der Waals surface area contributed by atoms with Gasteiger partial charge >= 0.3 is 0 Å². The van der Waals surface area contributed by atoms with E-state index in [4.69, 9.17) is 9.47 Å². The van der Waals surface area contributed by atoms with Crippen molar-refractivity contribution in [1.29, 1.82) is 0 Å². The van der Waals surface area contributed by atoms with Gasteiger partial charge in [-0.25, -0.2) is 0 Å². The fraction of sp³-hybridized carbons (Fsp3) is 0.222. The minimum absolute atomic E-state index is 0.101. The van der Waals surface area contributed by atoms with Gasteiger partial charge in [0.05, 0.1) is 26.3 Å². The Bertz CT molecular complexity index is 764. The standard InChI is InChI=1S/C18H19IN2O4/c1-24-15-9-5-6-12(17(15)25-2)10-20-16(22)11-21-18(23)13-7-3-4-8-14(13)19/h3-9H,10-11H2,1-2H3,(H,20,22)(H,21,23). The quantitative estimate of drug-likeness (QED) is 0.630. The third-order valence-corrected chi connectivity index (χ3v) is 4.43. The Labute approximate surface area is 160 Å². The fourth-order valence-electron chi connectivity index (χ4n) is 2.25. The van der Waals surface area contributed by atoms with Gasteiger partial charge in [0, 0.05) is 15.7 Å². The van der Waals surface area contributed by atoms with E-state index in [1.54, 1.807) is 32.4 Å². The molecule has 0 aromatic heterocycles. The van der Waals surface area contributed by atoms with Gasteiger partial charge in [-0.2, -0.15) is 0 Å². The lowest BCUT2D eigenvalue weighted by atomic mass is 10.2. The molecule has 132 valence electrons. The maximum absolute atomic E-state index is 12.1. The van der Waals surface area contributed by atoms with Gasteiger partial charge in [0.2, 0.25) is 5.91 Å². The molecular weight excluding hydrogens is 435 g/mol. The minimum Gasteiger partial charge on any atom is -0.493 e. The molecule has 0 saturated carbocycles. The second-order valence-electron chi connectivity index (χ2n) is 5.09. The summed E-state index contributed by atoms with van der Waals surface area (Å²) in [5.74, 6) is 0.609. The lowest BCUT2D eigenvalue weighted by Gasteiger charge is -2.13. The minimum atomic E-state index is -0.288. The average molecular weight is 454 g/mol. The molecule has 2 aromatic carbocycles. The zero-order chi connectivity index (χ0) is 18.2. The highest BCUT2D eigenvalue weighted by Crippen LogP contribution is 2.30. The molecule has 0 atom stereocenters. The highest BCUT2D eigenvalue weighted by atomic mass is 127. The van der Waals surface area contributed by atoms with Crippen LogP contribution in [-0.2, 0) is 11.3 Å². The SMILES string of the molecule is COc1cccc(CNC(=O)CNC(=O)c2ccccc2I)c1OC. The first-order valence-electron chi connectivity index (χ1n) is 7.56. The van der Waals surface area contributed by atoms with Gasteiger partial charge in [-0.15, -0.1) is 0 Å². The van der Waals surface area contributed by atoms with Crippen LogP contribution in [0.5, 0.6) is 11.5 Å². The number of rotatable bonds is 7. The number of para-hydroxylation sites is 1. The smallest absolute Gasteiger partial charge is 0.252 e. The second kappa shape index (κ2) is 9.26. The van der Waals surface area contributed by atoms with E-state index in [0.29, 0.717) is 17.1 Å². The fourth-order valence-corrected chi connectivity index (χ4v) is 2.88. The predicted molar refractivity (Wildman–Crippen MR) is 103 cm³/mol. The van der Waals surface area contributed by atoms with Gasteiger partial charge in [-0.05, 0) is 40.8 Å². The van der Waals surface area contributed by atoms with E-state index in [9.17, 15) is 9.59 Å². The number of ether oxygens (including phenoxy) is 2. The zero-order valence-electron chi connectivity index (χ0n) is 14.0. The molecule has 2 amide bonds. The molecule has 0 radical (unpaired) electrons. The van der Waals surface area contributed by atoms with E-state index in [1.165, 1.54) is 0 Å². The van der Waals surface area contributed by atoms with Crippen molar-refractivity contribution in [3.8, 4) is 11.5 Å². The van der Waals surface area contributed by atoms with Crippen LogP contribution in [0.15, 0.2) is 42.5 Å². The topological polar surface area (TPSA) is 76.7 Å². The molecule has 0 heterocycles. The summed E-state index contributed by atoms with van der Waals surface area (Å²) in [4.78, 5) is 24.1. The van der Waals surface area contributed by atoms with Gasteiger partial charge in [-0.3, -0.25) is 9.59 Å². The predicted octanol–water partition coefficient (Wildman–Crippen LogP) is 2.35. The third-order valence-electron chi connectivity index (χ3n) is 3.49. The van der Waals surface area contributed by atoms with Gasteiger partial charge in [-0.1, -0.05) is 24.3 Å². The van der Waals surface area contributed by atoms with Gasteiger partial charge < -0.3 is 20.1 Å². The molecule has 0 saturated heterocycles. The van der Waals surface area contributed by atoms with Crippen LogP contribution in [0, 0.1) is 3.57 Å². The molecule has 0 unspecified atom stereocenters. The lowest BCUT2D eigenvalue weighted by Crippen LogP contribution is -2.36. The molecule has 2 N–H and O–H groups in total. The van der Waals surface area contributed by atoms with Crippen LogP contribution in [0.4, 0.5) is 0 Å². The molecule has 2 aromatic rings. The summed E-state index contributed by atoms with van der Waals surface area (Å²) in [6.07, 6.45) is 0. The van der Waals surface area contributed by atoms with Crippen molar-refractivity contribution in [2.75, 3.05) is 20.8 Å². The highest BCUT2D eigenvalue weighted by molar-refractivity contribution is 14.1. The molecule has 6 nitrogen and oxygen atoms in total. The van der Waals surface area contributed by atoms with Gasteiger partial charge in [0.25, 0.3) is 5.91 Å². The van der Waals surface area contributed by atoms with Crippen LogP contribution < -0.4 is 20.1 Å². The van der Waals surface area contributed by atoms with Crippen molar-refractivity contribution in [1.82, 2.24) is 10.6 Å². The number of hydrogen-bond donors (Lipinski definition) is 2. The largest absolute Gasteiger partial charge is 0.493 e. The molecule has 0 spiro atoms. The summed E-state index contributed by atoms with van der Waals surface area (Å²) < 4.78 is 11.4. The van der Waals surface area contributed by atoms with Crippen LogP contribution in [0.3, 0.4) is 0 Å². The molecule has 0 bridgehead atoms. The van der Waals surface area contributed by atoms with E-state index < -0.39 is 0 Å². The normalized spacial score (nSPS) is 10.0. The first-order chi connectivity index (χ1) is 12.1. The van der Waals surface area contributed by atoms with Crippen molar-refractivity contribution in [2.45, 2.75) is 6.54 Å². The van der Waals surface area contributed by atoms with Gasteiger partial charge in [0.15, 0.2) is 11.5 Å². The maximum atomic E-state index is 12.1. The van der Waals surface area contributed by atoms with Crippen molar-refractivity contribution in [2.24, 2.45) is 0 Å². The molecule has 0 aliphatic carbocycles. The number of carbonyl (C=O) groups excluding carboxylic acids is 2. The van der Waals surface area contributed by atoms with Crippen molar-refractivity contribution in [3.05, 3.63) is 57.2 Å². The number of hydrogen-bond acceptors (Lipinski definition) is 4. The number of benzene rings is 2. The van der Waals surface area contributed by atoms with E-state index in [-0.39, 0.29) is 24.9 Å². The molecule has 7 heteroatoms. The van der Waals surface area contributed by atoms with Crippen LogP contribution in [0.1, 0.15) is 15.9 Å². The molecular formula is C18H19IN2O4. The lowest BCUT2D eigenvalue weighted by molar-refractivity contribution is -0.120. The molecule has 2 rings (SSSR count). The van der Waals surface area contributed by atoms with Crippen molar-refractivity contribution in [3.63, 3.8) is 0 Å². The summed E-state index contributed by atoms with van der Waals surface area (Å²) >= 11 is 2.08. The van der Waals surface area contributed by atoms with Crippen LogP contribution in [-0.4, -0.2) is 32.6 Å². The Morgan fingerprint density at radius 3 is 2.44 bits per heavy atom. The van der Waals surface area contributed by atoms with E-state index in [0.717, 1.165) is 9.13 Å². The number of amides is 2. The summed E-state index contributed by atoms with van der Waals surface area (Å²) in [5.41, 5.74) is 1.34. The van der Waals surface area contributed by atoms with E-state index >= 15 is 0 Å². The number of carbonyl (C=O) groups is 2. The monoisotopic (exact) mass is 454 g/mol. The average Bonchev–Trinajstić information content (AvgIpc) is 2.64. The summed E-state index contributed by atoms with van der Waals surface area (Å²) in [6.45, 7) is 0.175. The van der Waals surface area contributed by atoms with Crippen LogP contribution in [0.2, 0.25) is 0 Å². The summed E-state index contributed by atoms with van der Waals surface area (Å²) in [6, 6.07) is 12.6. The Balaban J connectivity index is 1.89. The maximum Gasteiger partial charge on any atom is 0.252 e. The van der Waals surface area contributed by atoms with E-state index in [1.807, 2.05) is 24.3 Å². The summed E-state index contributed by atoms with van der Waals surface area (Å²) in [7, 11) is 3.10. The van der Waals surface area contributed by atoms with Crippen molar-refractivity contribution < 1.29 is 19.1 Å². The zero-order valence-corrected chi connectivity index (χ0v) is 16.1. The Morgan fingerprint density at radius 2 is 1.76 bits per heavy atom. The molecule has 0 aliphatic rings. The second-order valence-corrected chi connectivity index (χ2v) is 6.25. The Hall–Kier alpha value is -2.29. The highest BCUT2D eigenvalue weighted by Gasteiger charge is 2.12. The summed E-state index contributed by atoms with van der Waals surface area (Å²) in [5, 5.41) is 5.37.